The van der Waals surface area contributed by atoms with Gasteiger partial charge in [-0.25, -0.2) is 0 Å². The predicted octanol–water partition coefficient (Wildman–Crippen LogP) is 1.50. The Morgan fingerprint density at radius 3 is 3.00 bits per heavy atom. The summed E-state index contributed by atoms with van der Waals surface area (Å²) >= 11 is 1.50. The minimum Gasteiger partial charge on any atom is -0.322 e. The molecule has 0 aliphatic carbocycles. The van der Waals surface area contributed by atoms with Crippen molar-refractivity contribution in [3.05, 3.63) is 36.7 Å². The number of amides is 2. The van der Waals surface area contributed by atoms with Gasteiger partial charge in [-0.1, -0.05) is 12.1 Å². The topological polar surface area (TPSA) is 67.2 Å². The average Bonchev–Trinajstić information content (AvgIpc) is 2.87. The van der Waals surface area contributed by atoms with Crippen LogP contribution in [0.3, 0.4) is 0 Å². The normalized spacial score (nSPS) is 14.0. The molecule has 0 atom stereocenters. The van der Waals surface area contributed by atoms with E-state index in [9.17, 15) is 9.59 Å². The summed E-state index contributed by atoms with van der Waals surface area (Å²) in [5.74, 6) is 0.0649. The molecular weight excluding hydrogens is 288 g/mol. The molecule has 0 unspecified atom stereocenters. The monoisotopic (exact) mass is 302 g/mol. The van der Waals surface area contributed by atoms with Crippen LogP contribution in [-0.4, -0.2) is 33.9 Å². The summed E-state index contributed by atoms with van der Waals surface area (Å²) in [6.45, 7) is 0.00526. The predicted molar refractivity (Wildman–Crippen MR) is 81.4 cm³/mol. The molecule has 1 aromatic carbocycles. The number of hydrogen-bond acceptors (Lipinski definition) is 4. The number of carbonyl (C=O) groups is 2. The SMILES string of the molecule is Cn1cc(NC(=O)CN2C(=O)CSc3ccccc32)cn1. The first-order chi connectivity index (χ1) is 10.1. The molecule has 0 bridgehead atoms. The summed E-state index contributed by atoms with van der Waals surface area (Å²) in [6, 6.07) is 7.61. The van der Waals surface area contributed by atoms with Gasteiger partial charge >= 0.3 is 0 Å². The number of nitrogens with one attached hydrogen (secondary N) is 1. The molecule has 0 saturated carbocycles. The van der Waals surface area contributed by atoms with Crippen LogP contribution in [0.2, 0.25) is 0 Å². The van der Waals surface area contributed by atoms with E-state index in [1.807, 2.05) is 24.3 Å². The van der Waals surface area contributed by atoms with E-state index in [-0.39, 0.29) is 18.4 Å². The third-order valence-electron chi connectivity index (χ3n) is 3.10. The summed E-state index contributed by atoms with van der Waals surface area (Å²) < 4.78 is 1.60. The highest BCUT2D eigenvalue weighted by Crippen LogP contribution is 2.34. The molecular formula is C14H14N4O2S. The number of thioether (sulfide) groups is 1. The number of nitrogens with zero attached hydrogens (tertiary/aromatic N) is 3. The van der Waals surface area contributed by atoms with Gasteiger partial charge in [0.1, 0.15) is 6.54 Å². The zero-order chi connectivity index (χ0) is 14.8. The van der Waals surface area contributed by atoms with Gasteiger partial charge in [0.2, 0.25) is 11.8 Å². The zero-order valence-electron chi connectivity index (χ0n) is 11.4. The number of benzene rings is 1. The standard InChI is InChI=1S/C14H14N4O2S/c1-17-7-10(6-15-17)16-13(19)8-18-11-4-2-3-5-12(11)21-9-14(18)20/h2-7H,8-9H2,1H3,(H,16,19). The molecule has 0 radical (unpaired) electrons. The van der Waals surface area contributed by atoms with Crippen LogP contribution in [-0.2, 0) is 16.6 Å². The Morgan fingerprint density at radius 1 is 1.43 bits per heavy atom. The maximum atomic E-state index is 12.1. The van der Waals surface area contributed by atoms with Crippen molar-refractivity contribution in [2.45, 2.75) is 4.90 Å². The first-order valence-corrected chi connectivity index (χ1v) is 7.43. The summed E-state index contributed by atoms with van der Waals surface area (Å²) in [4.78, 5) is 26.7. The fraction of sp³-hybridized carbons (Fsp3) is 0.214. The molecule has 2 aromatic rings. The van der Waals surface area contributed by atoms with Gasteiger partial charge in [-0.15, -0.1) is 11.8 Å². The minimum atomic E-state index is -0.238. The Hall–Kier alpha value is -2.28. The lowest BCUT2D eigenvalue weighted by Crippen LogP contribution is -2.41. The van der Waals surface area contributed by atoms with E-state index in [4.69, 9.17) is 0 Å². The van der Waals surface area contributed by atoms with Crippen LogP contribution in [0.25, 0.3) is 0 Å². The van der Waals surface area contributed by atoms with E-state index in [0.717, 1.165) is 10.6 Å². The largest absolute Gasteiger partial charge is 0.322 e. The van der Waals surface area contributed by atoms with Crippen molar-refractivity contribution in [2.75, 3.05) is 22.5 Å². The van der Waals surface area contributed by atoms with Gasteiger partial charge in [0.25, 0.3) is 0 Å². The summed E-state index contributed by atoms with van der Waals surface area (Å²) in [5.41, 5.74) is 1.41. The summed E-state index contributed by atoms with van der Waals surface area (Å²) in [5, 5.41) is 6.72. The van der Waals surface area contributed by atoms with Crippen molar-refractivity contribution in [1.82, 2.24) is 9.78 Å². The van der Waals surface area contributed by atoms with Gasteiger partial charge < -0.3 is 10.2 Å². The number of carbonyl (C=O) groups excluding carboxylic acids is 2. The molecule has 1 aliphatic rings. The van der Waals surface area contributed by atoms with Crippen LogP contribution < -0.4 is 10.2 Å². The number of fused-ring (bicyclic) bond motifs is 1. The molecule has 1 N–H and O–H groups in total. The van der Waals surface area contributed by atoms with Crippen LogP contribution in [0.5, 0.6) is 0 Å². The van der Waals surface area contributed by atoms with Gasteiger partial charge in [0.15, 0.2) is 0 Å². The maximum Gasteiger partial charge on any atom is 0.244 e. The molecule has 0 spiro atoms. The van der Waals surface area contributed by atoms with Crippen LogP contribution in [0.1, 0.15) is 0 Å². The maximum absolute atomic E-state index is 12.1. The lowest BCUT2D eigenvalue weighted by Gasteiger charge is -2.28. The second-order valence-corrected chi connectivity index (χ2v) is 5.70. The molecule has 1 aliphatic heterocycles. The van der Waals surface area contributed by atoms with Gasteiger partial charge in [-0.05, 0) is 12.1 Å². The van der Waals surface area contributed by atoms with Crippen molar-refractivity contribution >= 4 is 35.0 Å². The fourth-order valence-corrected chi connectivity index (χ4v) is 3.09. The van der Waals surface area contributed by atoms with E-state index in [2.05, 4.69) is 10.4 Å². The second kappa shape index (κ2) is 5.61. The molecule has 21 heavy (non-hydrogen) atoms. The van der Waals surface area contributed by atoms with Crippen LogP contribution >= 0.6 is 11.8 Å². The zero-order valence-corrected chi connectivity index (χ0v) is 12.3. The molecule has 1 aromatic heterocycles. The van der Waals surface area contributed by atoms with Crippen molar-refractivity contribution in [2.24, 2.45) is 7.05 Å². The molecule has 6 nitrogen and oxygen atoms in total. The quantitative estimate of drug-likeness (QED) is 0.933. The average molecular weight is 302 g/mol. The smallest absolute Gasteiger partial charge is 0.244 e. The number of para-hydroxylation sites is 1. The van der Waals surface area contributed by atoms with Crippen molar-refractivity contribution in [3.63, 3.8) is 0 Å². The summed E-state index contributed by atoms with van der Waals surface area (Å²) in [7, 11) is 1.78. The molecule has 7 heteroatoms. The van der Waals surface area contributed by atoms with E-state index < -0.39 is 0 Å². The van der Waals surface area contributed by atoms with Gasteiger partial charge in [0.05, 0.1) is 23.3 Å². The minimum absolute atomic E-state index is 0.00526. The third-order valence-corrected chi connectivity index (χ3v) is 4.15. The van der Waals surface area contributed by atoms with E-state index in [1.165, 1.54) is 16.7 Å². The van der Waals surface area contributed by atoms with Gasteiger partial charge in [0, 0.05) is 18.1 Å². The Kier molecular flexibility index (Phi) is 3.66. The highest BCUT2D eigenvalue weighted by atomic mass is 32.2. The Balaban J connectivity index is 1.74. The van der Waals surface area contributed by atoms with Crippen LogP contribution in [0, 0.1) is 0 Å². The molecule has 3 rings (SSSR count). The van der Waals surface area contributed by atoms with E-state index >= 15 is 0 Å². The van der Waals surface area contributed by atoms with E-state index in [0.29, 0.717) is 11.4 Å². The number of rotatable bonds is 3. The second-order valence-electron chi connectivity index (χ2n) is 4.69. The van der Waals surface area contributed by atoms with Gasteiger partial charge in [-0.3, -0.25) is 14.3 Å². The number of anilines is 2. The number of aromatic nitrogens is 2. The first kappa shape index (κ1) is 13.7. The Bertz CT molecular complexity index is 698. The third kappa shape index (κ3) is 2.92. The van der Waals surface area contributed by atoms with Crippen molar-refractivity contribution in [1.29, 1.82) is 0 Å². The Labute approximate surface area is 126 Å². The van der Waals surface area contributed by atoms with Crippen LogP contribution in [0.4, 0.5) is 11.4 Å². The fourth-order valence-electron chi connectivity index (χ4n) is 2.16. The van der Waals surface area contributed by atoms with Crippen LogP contribution in [0.15, 0.2) is 41.6 Å². The highest BCUT2D eigenvalue weighted by Gasteiger charge is 2.26. The van der Waals surface area contributed by atoms with Crippen molar-refractivity contribution < 1.29 is 9.59 Å². The first-order valence-electron chi connectivity index (χ1n) is 6.44. The highest BCUT2D eigenvalue weighted by molar-refractivity contribution is 8.00. The summed E-state index contributed by atoms with van der Waals surface area (Å²) in [6.07, 6.45) is 3.28. The molecule has 2 heterocycles. The Morgan fingerprint density at radius 2 is 2.24 bits per heavy atom. The molecule has 0 fully saturated rings. The van der Waals surface area contributed by atoms with E-state index in [1.54, 1.807) is 24.1 Å². The molecule has 2 amide bonds. The van der Waals surface area contributed by atoms with Gasteiger partial charge in [-0.2, -0.15) is 5.10 Å². The molecule has 108 valence electrons. The molecule has 0 saturated heterocycles. The number of hydrogen-bond donors (Lipinski definition) is 1. The van der Waals surface area contributed by atoms with Crippen molar-refractivity contribution in [3.8, 4) is 0 Å². The lowest BCUT2D eigenvalue weighted by atomic mass is 10.2. The number of aryl methyl sites for hydroxylation is 1. The lowest BCUT2D eigenvalue weighted by molar-refractivity contribution is -0.120.